The molecule has 8 nitrogen and oxygen atoms in total. The zero-order chi connectivity index (χ0) is 21.6. The highest BCUT2D eigenvalue weighted by atomic mass is 32.1. The van der Waals surface area contributed by atoms with Crippen molar-refractivity contribution in [3.05, 3.63) is 69.8 Å². The van der Waals surface area contributed by atoms with Gasteiger partial charge in [-0.3, -0.25) is 14.5 Å². The van der Waals surface area contributed by atoms with Crippen molar-refractivity contribution >= 4 is 19.3 Å². The molecule has 2 aliphatic rings. The van der Waals surface area contributed by atoms with E-state index in [0.717, 1.165) is 42.9 Å². The van der Waals surface area contributed by atoms with Crippen molar-refractivity contribution in [1.82, 2.24) is 19.4 Å². The second-order valence-corrected chi connectivity index (χ2v) is 8.40. The molecule has 2 aliphatic heterocycles. The van der Waals surface area contributed by atoms with Crippen LogP contribution in [0.5, 0.6) is 6.01 Å². The summed E-state index contributed by atoms with van der Waals surface area (Å²) in [6.45, 7) is 4.96. The molecule has 0 N–H and O–H groups in total. The largest absolute Gasteiger partial charge is 0.436 e. The number of pyridine rings is 1. The van der Waals surface area contributed by atoms with Crippen LogP contribution in [-0.2, 0) is 19.4 Å². The minimum absolute atomic E-state index is 0. The van der Waals surface area contributed by atoms with Gasteiger partial charge in [-0.25, -0.2) is 4.39 Å². The van der Waals surface area contributed by atoms with Crippen molar-refractivity contribution in [3.8, 4) is 17.3 Å². The number of nitro groups is 1. The number of imidazole rings is 1. The number of rotatable bonds is 4. The van der Waals surface area contributed by atoms with Crippen LogP contribution in [0.4, 0.5) is 10.2 Å². The molecule has 0 bridgehead atoms. The number of benzene rings is 1. The molecule has 32 heavy (non-hydrogen) atoms. The molecule has 0 unspecified atom stereocenters. The molecule has 0 radical (unpaired) electrons. The summed E-state index contributed by atoms with van der Waals surface area (Å²) in [4.78, 5) is 21.6. The fourth-order valence-corrected chi connectivity index (χ4v) is 4.40. The predicted molar refractivity (Wildman–Crippen MR) is 122 cm³/mol. The van der Waals surface area contributed by atoms with E-state index in [1.165, 1.54) is 23.9 Å². The fraction of sp³-hybridized carbons (Fsp3) is 0.364. The van der Waals surface area contributed by atoms with Crippen molar-refractivity contribution in [2.45, 2.75) is 31.9 Å². The summed E-state index contributed by atoms with van der Waals surface area (Å²) in [5, 5.41) is 10.9. The molecule has 10 heteroatoms. The van der Waals surface area contributed by atoms with Crippen LogP contribution in [0, 0.1) is 15.9 Å². The van der Waals surface area contributed by atoms with Crippen LogP contribution in [0.1, 0.15) is 18.2 Å². The van der Waals surface area contributed by atoms with E-state index >= 15 is 0 Å². The molecule has 1 atom stereocenters. The zero-order valence-electron chi connectivity index (χ0n) is 17.6. The van der Waals surface area contributed by atoms with Crippen LogP contribution >= 0.6 is 13.5 Å². The Morgan fingerprint density at radius 1 is 1.16 bits per heavy atom. The monoisotopic (exact) mass is 457 g/mol. The summed E-state index contributed by atoms with van der Waals surface area (Å²) >= 11 is 0. The Morgan fingerprint density at radius 2 is 1.91 bits per heavy atom. The molecular formula is C22H24FN5O3S. The van der Waals surface area contributed by atoms with Gasteiger partial charge < -0.3 is 14.9 Å². The standard InChI is InChI=1S/C22H22FN5O3.H2S/c1-22(14-27-12-20(28(29)30)25-21(27)31-22)13-26-10-8-16-4-7-18(24-19(16)9-11-26)15-2-5-17(23)6-3-15;/h2-7,12H,8-11,13-14H2,1H3;1H2/t22-;/m0./s1. The van der Waals surface area contributed by atoms with Crippen LogP contribution in [0.15, 0.2) is 42.6 Å². The Morgan fingerprint density at radius 3 is 2.62 bits per heavy atom. The molecule has 3 aromatic rings. The van der Waals surface area contributed by atoms with Gasteiger partial charge in [-0.1, -0.05) is 6.07 Å². The molecule has 5 rings (SSSR count). The van der Waals surface area contributed by atoms with Gasteiger partial charge in [-0.2, -0.15) is 13.5 Å². The van der Waals surface area contributed by atoms with Crippen molar-refractivity contribution in [3.63, 3.8) is 0 Å². The Balaban J connectivity index is 0.00000245. The summed E-state index contributed by atoms with van der Waals surface area (Å²) in [5.41, 5.74) is 3.58. The summed E-state index contributed by atoms with van der Waals surface area (Å²) in [7, 11) is 0. The zero-order valence-corrected chi connectivity index (χ0v) is 18.6. The van der Waals surface area contributed by atoms with Gasteiger partial charge in [-0.05, 0) is 54.2 Å². The van der Waals surface area contributed by atoms with Crippen LogP contribution in [-0.4, -0.2) is 49.6 Å². The first-order chi connectivity index (χ1) is 14.9. The van der Waals surface area contributed by atoms with E-state index in [0.29, 0.717) is 19.1 Å². The van der Waals surface area contributed by atoms with E-state index < -0.39 is 10.5 Å². The minimum atomic E-state index is -0.509. The maximum Gasteiger partial charge on any atom is 0.415 e. The summed E-state index contributed by atoms with van der Waals surface area (Å²) in [5.74, 6) is -0.446. The maximum absolute atomic E-state index is 13.2. The molecule has 0 saturated heterocycles. The van der Waals surface area contributed by atoms with Crippen molar-refractivity contribution in [2.24, 2.45) is 0 Å². The molecule has 0 amide bonds. The second kappa shape index (κ2) is 8.51. The summed E-state index contributed by atoms with van der Waals surface area (Å²) in [6.07, 6.45) is 3.13. The van der Waals surface area contributed by atoms with Crippen molar-refractivity contribution < 1.29 is 14.1 Å². The number of hydrogen-bond donors (Lipinski definition) is 0. The number of aromatic nitrogens is 3. The van der Waals surface area contributed by atoms with Gasteiger partial charge in [0.15, 0.2) is 0 Å². The smallest absolute Gasteiger partial charge is 0.415 e. The minimum Gasteiger partial charge on any atom is -0.436 e. The molecule has 0 aliphatic carbocycles. The molecule has 0 spiro atoms. The molecule has 0 saturated carbocycles. The lowest BCUT2D eigenvalue weighted by atomic mass is 10.1. The third-order valence-electron chi connectivity index (χ3n) is 5.89. The van der Waals surface area contributed by atoms with E-state index in [1.54, 1.807) is 16.7 Å². The average Bonchev–Trinajstić information content (AvgIpc) is 3.18. The lowest BCUT2D eigenvalue weighted by Gasteiger charge is -2.29. The molecule has 2 aromatic heterocycles. The van der Waals surface area contributed by atoms with Crippen molar-refractivity contribution in [2.75, 3.05) is 19.6 Å². The SMILES string of the molecule is C[C@]1(CN2CCc3ccc(-c4ccc(F)cc4)nc3CC2)Cn2cc([N+](=O)[O-])nc2O1.S. The first-order valence-corrected chi connectivity index (χ1v) is 10.3. The predicted octanol–water partition coefficient (Wildman–Crippen LogP) is 3.36. The van der Waals surface area contributed by atoms with Gasteiger partial charge in [-0.15, -0.1) is 0 Å². The van der Waals surface area contributed by atoms with E-state index in [1.807, 2.05) is 13.0 Å². The number of halogens is 1. The number of nitrogens with zero attached hydrogens (tertiary/aromatic N) is 5. The summed E-state index contributed by atoms with van der Waals surface area (Å²) in [6, 6.07) is 10.8. The van der Waals surface area contributed by atoms with E-state index in [9.17, 15) is 14.5 Å². The van der Waals surface area contributed by atoms with Gasteiger partial charge in [0, 0.05) is 42.3 Å². The number of fused-ring (bicyclic) bond motifs is 2. The number of hydrogen-bond acceptors (Lipinski definition) is 6. The molecular weight excluding hydrogens is 433 g/mol. The number of ether oxygens (including phenoxy) is 1. The highest BCUT2D eigenvalue weighted by Crippen LogP contribution is 2.32. The molecule has 168 valence electrons. The van der Waals surface area contributed by atoms with Gasteiger partial charge in [0.1, 0.15) is 17.6 Å². The van der Waals surface area contributed by atoms with Crippen LogP contribution in [0.25, 0.3) is 11.3 Å². The second-order valence-electron chi connectivity index (χ2n) is 8.40. The Kier molecular flexibility index (Phi) is 5.91. The first kappa shape index (κ1) is 22.2. The molecule has 4 heterocycles. The molecule has 0 fully saturated rings. The van der Waals surface area contributed by atoms with Gasteiger partial charge in [0.05, 0.1) is 12.2 Å². The molecule has 1 aromatic carbocycles. The van der Waals surface area contributed by atoms with Crippen molar-refractivity contribution in [1.29, 1.82) is 0 Å². The van der Waals surface area contributed by atoms with Crippen LogP contribution in [0.2, 0.25) is 0 Å². The Hall–Kier alpha value is -2.98. The fourth-order valence-electron chi connectivity index (χ4n) is 4.40. The van der Waals surface area contributed by atoms with Gasteiger partial charge in [0.2, 0.25) is 0 Å². The van der Waals surface area contributed by atoms with Gasteiger partial charge >= 0.3 is 11.8 Å². The lowest BCUT2D eigenvalue weighted by molar-refractivity contribution is -0.389. The lowest BCUT2D eigenvalue weighted by Crippen LogP contribution is -2.45. The topological polar surface area (TPSA) is 86.3 Å². The Bertz CT molecular complexity index is 1130. The highest BCUT2D eigenvalue weighted by molar-refractivity contribution is 7.59. The first-order valence-electron chi connectivity index (χ1n) is 10.3. The third-order valence-corrected chi connectivity index (χ3v) is 5.89. The normalized spacial score (nSPS) is 19.9. The van der Waals surface area contributed by atoms with Crippen LogP contribution in [0.3, 0.4) is 0 Å². The highest BCUT2D eigenvalue weighted by Gasteiger charge is 2.41. The maximum atomic E-state index is 13.2. The van der Waals surface area contributed by atoms with Gasteiger partial charge in [0.25, 0.3) is 0 Å². The quantitative estimate of drug-likeness (QED) is 0.441. The van der Waals surface area contributed by atoms with E-state index in [-0.39, 0.29) is 25.1 Å². The van der Waals surface area contributed by atoms with E-state index in [4.69, 9.17) is 9.72 Å². The third kappa shape index (κ3) is 4.33. The van der Waals surface area contributed by atoms with Crippen LogP contribution < -0.4 is 4.74 Å². The average molecular weight is 458 g/mol. The Labute approximate surface area is 191 Å². The van der Waals surface area contributed by atoms with E-state index in [2.05, 4.69) is 16.0 Å². The summed E-state index contributed by atoms with van der Waals surface area (Å²) < 4.78 is 20.9.